The van der Waals surface area contributed by atoms with Gasteiger partial charge >= 0.3 is 0 Å². The van der Waals surface area contributed by atoms with Crippen molar-refractivity contribution in [2.24, 2.45) is 5.92 Å². The predicted octanol–water partition coefficient (Wildman–Crippen LogP) is 4.65. The zero-order valence-corrected chi connectivity index (χ0v) is 17.9. The number of amides is 2. The third kappa shape index (κ3) is 4.87. The Hall–Kier alpha value is -2.62. The van der Waals surface area contributed by atoms with Crippen molar-refractivity contribution in [2.75, 3.05) is 18.0 Å². The number of para-hydroxylation sites is 1. The lowest BCUT2D eigenvalue weighted by atomic mass is 9.92. The van der Waals surface area contributed by atoms with Crippen molar-refractivity contribution >= 4 is 17.5 Å². The van der Waals surface area contributed by atoms with Crippen LogP contribution in [-0.4, -0.2) is 24.9 Å². The van der Waals surface area contributed by atoms with Crippen LogP contribution in [0.4, 0.5) is 5.69 Å². The van der Waals surface area contributed by atoms with Gasteiger partial charge in [0.25, 0.3) is 0 Å². The van der Waals surface area contributed by atoms with E-state index in [-0.39, 0.29) is 24.2 Å². The zero-order chi connectivity index (χ0) is 21.0. The van der Waals surface area contributed by atoms with Gasteiger partial charge in [-0.25, -0.2) is 0 Å². The van der Waals surface area contributed by atoms with Crippen LogP contribution < -0.4 is 10.2 Å². The van der Waals surface area contributed by atoms with Crippen LogP contribution in [0, 0.1) is 5.92 Å². The van der Waals surface area contributed by atoms with Crippen LogP contribution >= 0.6 is 0 Å². The van der Waals surface area contributed by atoms with Gasteiger partial charge in [0.05, 0.1) is 11.6 Å². The highest BCUT2D eigenvalue weighted by molar-refractivity contribution is 6.01. The Labute approximate surface area is 174 Å². The van der Waals surface area contributed by atoms with Crippen molar-refractivity contribution in [2.45, 2.75) is 52.4 Å². The van der Waals surface area contributed by atoms with Gasteiger partial charge in [-0.1, -0.05) is 76.2 Å². The summed E-state index contributed by atoms with van der Waals surface area (Å²) < 4.78 is 0. The summed E-state index contributed by atoms with van der Waals surface area (Å²) in [6, 6.07) is 16.4. The van der Waals surface area contributed by atoms with Gasteiger partial charge in [0, 0.05) is 19.5 Å². The summed E-state index contributed by atoms with van der Waals surface area (Å²) >= 11 is 0. The Morgan fingerprint density at radius 1 is 1.00 bits per heavy atom. The highest BCUT2D eigenvalue weighted by Crippen LogP contribution is 2.38. The maximum atomic E-state index is 12.9. The second kappa shape index (κ2) is 9.25. The Bertz CT molecular complexity index is 832. The highest BCUT2D eigenvalue weighted by Gasteiger charge is 2.37. The molecule has 29 heavy (non-hydrogen) atoms. The molecular formula is C25H32N2O2. The average Bonchev–Trinajstić information content (AvgIpc) is 3.09. The molecular weight excluding hydrogens is 360 g/mol. The standard InChI is InChI=1S/C25H32N2O2/c1-17(2)21-11-8-12-22(18(3)4)24(21)27-16-20(15-23(27)28)25(29)26-14-13-19-9-6-5-7-10-19/h5-12,17-18,20H,13-16H2,1-4H3,(H,26,29). The molecule has 1 heterocycles. The minimum atomic E-state index is -0.293. The van der Waals surface area contributed by atoms with E-state index in [1.165, 1.54) is 16.7 Å². The highest BCUT2D eigenvalue weighted by atomic mass is 16.2. The van der Waals surface area contributed by atoms with E-state index in [2.05, 4.69) is 63.3 Å². The van der Waals surface area contributed by atoms with E-state index in [1.807, 2.05) is 23.1 Å². The molecule has 0 aromatic heterocycles. The fourth-order valence-corrected chi connectivity index (χ4v) is 4.04. The van der Waals surface area contributed by atoms with Crippen molar-refractivity contribution in [3.05, 3.63) is 65.2 Å². The van der Waals surface area contributed by atoms with Gasteiger partial charge in [-0.3, -0.25) is 9.59 Å². The number of hydrogen-bond acceptors (Lipinski definition) is 2. The summed E-state index contributed by atoms with van der Waals surface area (Å²) in [5.41, 5.74) is 4.57. The van der Waals surface area contributed by atoms with Gasteiger partial charge in [0.2, 0.25) is 11.8 Å². The fraction of sp³-hybridized carbons (Fsp3) is 0.440. The van der Waals surface area contributed by atoms with Gasteiger partial charge < -0.3 is 10.2 Å². The summed E-state index contributed by atoms with van der Waals surface area (Å²) in [7, 11) is 0. The van der Waals surface area contributed by atoms with E-state index < -0.39 is 0 Å². The van der Waals surface area contributed by atoms with Crippen LogP contribution in [0.5, 0.6) is 0 Å². The molecule has 2 aromatic rings. The molecule has 1 aliphatic heterocycles. The maximum absolute atomic E-state index is 12.9. The molecule has 1 saturated heterocycles. The smallest absolute Gasteiger partial charge is 0.227 e. The third-order valence-corrected chi connectivity index (χ3v) is 5.66. The molecule has 3 rings (SSSR count). The summed E-state index contributed by atoms with van der Waals surface area (Å²) in [5, 5.41) is 3.02. The summed E-state index contributed by atoms with van der Waals surface area (Å²) in [4.78, 5) is 27.4. The zero-order valence-electron chi connectivity index (χ0n) is 17.9. The molecule has 0 spiro atoms. The van der Waals surface area contributed by atoms with Crippen molar-refractivity contribution in [3.8, 4) is 0 Å². The average molecular weight is 393 g/mol. The van der Waals surface area contributed by atoms with E-state index in [1.54, 1.807) is 0 Å². The van der Waals surface area contributed by atoms with Crippen molar-refractivity contribution < 1.29 is 9.59 Å². The topological polar surface area (TPSA) is 49.4 Å². The number of benzene rings is 2. The summed E-state index contributed by atoms with van der Waals surface area (Å²) in [6.07, 6.45) is 1.08. The Balaban J connectivity index is 1.71. The summed E-state index contributed by atoms with van der Waals surface area (Å²) in [5.74, 6) is 0.358. The molecule has 0 bridgehead atoms. The van der Waals surface area contributed by atoms with E-state index in [4.69, 9.17) is 0 Å². The normalized spacial score (nSPS) is 16.7. The number of rotatable bonds is 7. The molecule has 1 atom stereocenters. The molecule has 1 unspecified atom stereocenters. The number of carbonyl (C=O) groups excluding carboxylic acids is 2. The molecule has 0 aliphatic carbocycles. The van der Waals surface area contributed by atoms with Crippen LogP contribution in [0.15, 0.2) is 48.5 Å². The number of nitrogens with zero attached hydrogens (tertiary/aromatic N) is 1. The number of anilines is 1. The third-order valence-electron chi connectivity index (χ3n) is 5.66. The first kappa shape index (κ1) is 21.1. The second-order valence-electron chi connectivity index (χ2n) is 8.53. The van der Waals surface area contributed by atoms with Gasteiger partial charge in [0.15, 0.2) is 0 Å². The molecule has 4 heteroatoms. The van der Waals surface area contributed by atoms with Crippen LogP contribution in [-0.2, 0) is 16.0 Å². The fourth-order valence-electron chi connectivity index (χ4n) is 4.04. The van der Waals surface area contributed by atoms with Gasteiger partial charge in [-0.2, -0.15) is 0 Å². The van der Waals surface area contributed by atoms with Crippen molar-refractivity contribution in [3.63, 3.8) is 0 Å². The minimum absolute atomic E-state index is 0.0232. The molecule has 0 radical (unpaired) electrons. The van der Waals surface area contributed by atoms with Crippen LogP contribution in [0.3, 0.4) is 0 Å². The monoisotopic (exact) mass is 392 g/mol. The maximum Gasteiger partial charge on any atom is 0.227 e. The first-order valence-corrected chi connectivity index (χ1v) is 10.6. The molecule has 154 valence electrons. The van der Waals surface area contributed by atoms with Crippen LogP contribution in [0.1, 0.15) is 62.6 Å². The molecule has 1 N–H and O–H groups in total. The molecule has 1 fully saturated rings. The van der Waals surface area contributed by atoms with Crippen molar-refractivity contribution in [1.29, 1.82) is 0 Å². The van der Waals surface area contributed by atoms with E-state index in [0.717, 1.165) is 12.1 Å². The lowest BCUT2D eigenvalue weighted by molar-refractivity contribution is -0.126. The molecule has 2 aromatic carbocycles. The first-order chi connectivity index (χ1) is 13.9. The SMILES string of the molecule is CC(C)c1cccc(C(C)C)c1N1CC(C(=O)NCCc2ccccc2)CC1=O. The van der Waals surface area contributed by atoms with Crippen LogP contribution in [0.25, 0.3) is 0 Å². The Kier molecular flexibility index (Phi) is 6.73. The van der Waals surface area contributed by atoms with Gasteiger partial charge in [0.1, 0.15) is 0 Å². The second-order valence-corrected chi connectivity index (χ2v) is 8.53. The first-order valence-electron chi connectivity index (χ1n) is 10.6. The van der Waals surface area contributed by atoms with Gasteiger partial charge in [-0.05, 0) is 34.9 Å². The van der Waals surface area contributed by atoms with Gasteiger partial charge in [-0.15, -0.1) is 0 Å². The lowest BCUT2D eigenvalue weighted by Gasteiger charge is -2.27. The number of nitrogens with one attached hydrogen (secondary N) is 1. The van der Waals surface area contributed by atoms with E-state index in [9.17, 15) is 9.59 Å². The summed E-state index contributed by atoms with van der Waals surface area (Å²) in [6.45, 7) is 9.65. The largest absolute Gasteiger partial charge is 0.355 e. The minimum Gasteiger partial charge on any atom is -0.355 e. The number of hydrogen-bond donors (Lipinski definition) is 1. The molecule has 0 saturated carbocycles. The molecule has 2 amide bonds. The molecule has 4 nitrogen and oxygen atoms in total. The number of carbonyl (C=O) groups is 2. The Morgan fingerprint density at radius 3 is 2.21 bits per heavy atom. The predicted molar refractivity (Wildman–Crippen MR) is 118 cm³/mol. The van der Waals surface area contributed by atoms with E-state index in [0.29, 0.717) is 24.9 Å². The van der Waals surface area contributed by atoms with Crippen LogP contribution in [0.2, 0.25) is 0 Å². The van der Waals surface area contributed by atoms with E-state index >= 15 is 0 Å². The Morgan fingerprint density at radius 2 is 1.62 bits per heavy atom. The molecule has 1 aliphatic rings. The lowest BCUT2D eigenvalue weighted by Crippen LogP contribution is -2.34. The quantitative estimate of drug-likeness (QED) is 0.746. The van der Waals surface area contributed by atoms with Crippen molar-refractivity contribution in [1.82, 2.24) is 5.32 Å².